The molecule has 0 radical (unpaired) electrons. The monoisotopic (exact) mass is 265 g/mol. The lowest BCUT2D eigenvalue weighted by Crippen LogP contribution is -2.27. The van der Waals surface area contributed by atoms with Gasteiger partial charge in [0.25, 0.3) is 0 Å². The van der Waals surface area contributed by atoms with Crippen molar-refractivity contribution in [3.8, 4) is 5.75 Å². The first kappa shape index (κ1) is 15.1. The number of nitrogens with zero attached hydrogens (tertiary/aromatic N) is 1. The molecule has 2 unspecified atom stereocenters. The number of nitrogens with two attached hydrogens (primary N) is 1. The maximum Gasteiger partial charge on any atom is 0.143 e. The second kappa shape index (κ2) is 7.51. The van der Waals surface area contributed by atoms with Crippen molar-refractivity contribution in [3.63, 3.8) is 0 Å². The fourth-order valence-electron chi connectivity index (χ4n) is 1.47. The molecule has 0 aromatic heterocycles. The number of hydrogen-bond acceptors (Lipinski definition) is 4. The SMILES string of the molecule is CCC(C)Oc1cccc(NCC(C)C(N)=NO)c1. The van der Waals surface area contributed by atoms with E-state index < -0.39 is 0 Å². The Labute approximate surface area is 114 Å². The predicted octanol–water partition coefficient (Wildman–Crippen LogP) is 2.66. The maximum absolute atomic E-state index is 8.59. The van der Waals surface area contributed by atoms with E-state index >= 15 is 0 Å². The molecule has 0 bridgehead atoms. The Kier molecular flexibility index (Phi) is 5.99. The van der Waals surface area contributed by atoms with Crippen LogP contribution in [0, 0.1) is 5.92 Å². The first-order chi connectivity index (χ1) is 9.06. The summed E-state index contributed by atoms with van der Waals surface area (Å²) in [6.07, 6.45) is 1.17. The van der Waals surface area contributed by atoms with Crippen LogP contribution in [0.4, 0.5) is 5.69 Å². The summed E-state index contributed by atoms with van der Waals surface area (Å²) in [5.41, 5.74) is 6.49. The maximum atomic E-state index is 8.59. The molecular formula is C14H23N3O2. The molecule has 0 aliphatic rings. The molecule has 0 spiro atoms. The highest BCUT2D eigenvalue weighted by atomic mass is 16.5. The van der Waals surface area contributed by atoms with E-state index in [1.165, 1.54) is 0 Å². The molecule has 5 nitrogen and oxygen atoms in total. The Morgan fingerprint density at radius 3 is 2.84 bits per heavy atom. The van der Waals surface area contributed by atoms with Gasteiger partial charge in [0.05, 0.1) is 6.10 Å². The summed E-state index contributed by atoms with van der Waals surface area (Å²) in [6.45, 7) is 6.62. The van der Waals surface area contributed by atoms with E-state index in [1.807, 2.05) is 38.1 Å². The van der Waals surface area contributed by atoms with E-state index in [-0.39, 0.29) is 17.9 Å². The van der Waals surface area contributed by atoms with Crippen molar-refractivity contribution in [3.05, 3.63) is 24.3 Å². The molecule has 5 heteroatoms. The van der Waals surface area contributed by atoms with Crippen molar-refractivity contribution in [1.29, 1.82) is 0 Å². The molecule has 0 amide bonds. The molecule has 0 heterocycles. The van der Waals surface area contributed by atoms with E-state index in [9.17, 15) is 0 Å². The fraction of sp³-hybridized carbons (Fsp3) is 0.500. The van der Waals surface area contributed by atoms with Crippen molar-refractivity contribution in [2.45, 2.75) is 33.3 Å². The Morgan fingerprint density at radius 2 is 2.21 bits per heavy atom. The van der Waals surface area contributed by atoms with Crippen LogP contribution < -0.4 is 15.8 Å². The minimum atomic E-state index is -0.0378. The van der Waals surface area contributed by atoms with E-state index in [0.717, 1.165) is 17.9 Å². The summed E-state index contributed by atoms with van der Waals surface area (Å²) in [5.74, 6) is 1.03. The summed E-state index contributed by atoms with van der Waals surface area (Å²) >= 11 is 0. The number of nitrogens with one attached hydrogen (secondary N) is 1. The average Bonchev–Trinajstić information content (AvgIpc) is 2.44. The molecule has 1 aromatic rings. The highest BCUT2D eigenvalue weighted by Crippen LogP contribution is 2.19. The van der Waals surface area contributed by atoms with Crippen LogP contribution in [0.2, 0.25) is 0 Å². The van der Waals surface area contributed by atoms with Crippen molar-refractivity contribution >= 4 is 11.5 Å². The molecule has 4 N–H and O–H groups in total. The predicted molar refractivity (Wildman–Crippen MR) is 77.9 cm³/mol. The van der Waals surface area contributed by atoms with Crippen LogP contribution in [-0.4, -0.2) is 23.7 Å². The largest absolute Gasteiger partial charge is 0.491 e. The highest BCUT2D eigenvalue weighted by molar-refractivity contribution is 5.82. The van der Waals surface area contributed by atoms with Crippen molar-refractivity contribution in [2.24, 2.45) is 16.8 Å². The lowest BCUT2D eigenvalue weighted by atomic mass is 10.1. The van der Waals surface area contributed by atoms with Gasteiger partial charge in [0.15, 0.2) is 0 Å². The first-order valence-electron chi connectivity index (χ1n) is 6.54. The minimum Gasteiger partial charge on any atom is -0.491 e. The van der Waals surface area contributed by atoms with Gasteiger partial charge in [-0.3, -0.25) is 0 Å². The number of oxime groups is 1. The van der Waals surface area contributed by atoms with Crippen molar-refractivity contribution in [1.82, 2.24) is 0 Å². The topological polar surface area (TPSA) is 79.9 Å². The summed E-state index contributed by atoms with van der Waals surface area (Å²) in [6, 6.07) is 7.78. The number of ether oxygens (including phenoxy) is 1. The minimum absolute atomic E-state index is 0.0378. The molecular weight excluding hydrogens is 242 g/mol. The van der Waals surface area contributed by atoms with Gasteiger partial charge in [0.1, 0.15) is 11.6 Å². The van der Waals surface area contributed by atoms with Crippen LogP contribution in [0.5, 0.6) is 5.75 Å². The second-order valence-corrected chi connectivity index (χ2v) is 4.67. The summed E-state index contributed by atoms with van der Waals surface area (Å²) in [7, 11) is 0. The Balaban J connectivity index is 2.57. The Hall–Kier alpha value is -1.91. The van der Waals surface area contributed by atoms with Crippen LogP contribution in [0.3, 0.4) is 0 Å². The summed E-state index contributed by atoms with van der Waals surface area (Å²) in [5, 5.41) is 14.8. The zero-order chi connectivity index (χ0) is 14.3. The smallest absolute Gasteiger partial charge is 0.143 e. The van der Waals surface area contributed by atoms with Crippen LogP contribution in [-0.2, 0) is 0 Å². The summed E-state index contributed by atoms with van der Waals surface area (Å²) in [4.78, 5) is 0. The van der Waals surface area contributed by atoms with Gasteiger partial charge in [-0.15, -0.1) is 0 Å². The third kappa shape index (κ3) is 5.07. The third-order valence-electron chi connectivity index (χ3n) is 2.98. The standard InChI is InChI=1S/C14H23N3O2/c1-4-11(3)19-13-7-5-6-12(8-13)16-9-10(2)14(15)17-18/h5-8,10-11,16,18H,4,9H2,1-3H3,(H2,15,17). The number of hydrogen-bond donors (Lipinski definition) is 3. The average molecular weight is 265 g/mol. The van der Waals surface area contributed by atoms with Crippen LogP contribution in [0.25, 0.3) is 0 Å². The number of amidine groups is 1. The van der Waals surface area contributed by atoms with Crippen LogP contribution in [0.15, 0.2) is 29.4 Å². The fourth-order valence-corrected chi connectivity index (χ4v) is 1.47. The quantitative estimate of drug-likeness (QED) is 0.306. The van der Waals surface area contributed by atoms with E-state index in [4.69, 9.17) is 15.7 Å². The Bertz CT molecular complexity index is 421. The van der Waals surface area contributed by atoms with E-state index in [0.29, 0.717) is 6.54 Å². The second-order valence-electron chi connectivity index (χ2n) is 4.67. The molecule has 1 aromatic carbocycles. The zero-order valence-corrected chi connectivity index (χ0v) is 11.8. The molecule has 2 atom stereocenters. The van der Waals surface area contributed by atoms with Gasteiger partial charge in [-0.2, -0.15) is 0 Å². The highest BCUT2D eigenvalue weighted by Gasteiger charge is 2.07. The zero-order valence-electron chi connectivity index (χ0n) is 11.8. The molecule has 1 rings (SSSR count). The number of anilines is 1. The van der Waals surface area contributed by atoms with E-state index in [1.54, 1.807) is 0 Å². The molecule has 19 heavy (non-hydrogen) atoms. The van der Waals surface area contributed by atoms with Gasteiger partial charge < -0.3 is 21.0 Å². The molecule has 0 aliphatic carbocycles. The van der Waals surface area contributed by atoms with Crippen LogP contribution >= 0.6 is 0 Å². The molecule has 0 aliphatic heterocycles. The molecule has 0 fully saturated rings. The molecule has 0 saturated carbocycles. The first-order valence-corrected chi connectivity index (χ1v) is 6.54. The lowest BCUT2D eigenvalue weighted by molar-refractivity contribution is 0.217. The van der Waals surface area contributed by atoms with Crippen molar-refractivity contribution < 1.29 is 9.94 Å². The van der Waals surface area contributed by atoms with Gasteiger partial charge in [-0.05, 0) is 25.5 Å². The van der Waals surface area contributed by atoms with Gasteiger partial charge in [0.2, 0.25) is 0 Å². The van der Waals surface area contributed by atoms with E-state index in [2.05, 4.69) is 17.4 Å². The third-order valence-corrected chi connectivity index (χ3v) is 2.98. The van der Waals surface area contributed by atoms with Gasteiger partial charge in [-0.1, -0.05) is 25.1 Å². The number of rotatable bonds is 7. The Morgan fingerprint density at radius 1 is 1.47 bits per heavy atom. The summed E-state index contributed by atoms with van der Waals surface area (Å²) < 4.78 is 5.75. The molecule has 106 valence electrons. The van der Waals surface area contributed by atoms with Crippen molar-refractivity contribution in [2.75, 3.05) is 11.9 Å². The van der Waals surface area contributed by atoms with Gasteiger partial charge >= 0.3 is 0 Å². The lowest BCUT2D eigenvalue weighted by Gasteiger charge is -2.15. The molecule has 0 saturated heterocycles. The van der Waals surface area contributed by atoms with Crippen LogP contribution in [0.1, 0.15) is 27.2 Å². The van der Waals surface area contributed by atoms with Gasteiger partial charge in [0, 0.05) is 24.2 Å². The van der Waals surface area contributed by atoms with Gasteiger partial charge in [-0.25, -0.2) is 0 Å². The number of benzene rings is 1. The normalized spacial score (nSPS) is 14.8.